The quantitative estimate of drug-likeness (QED) is 0.353. The van der Waals surface area contributed by atoms with Crippen molar-refractivity contribution in [3.63, 3.8) is 0 Å². The number of benzene rings is 2. The van der Waals surface area contributed by atoms with E-state index in [9.17, 15) is 9.59 Å². The van der Waals surface area contributed by atoms with Crippen LogP contribution in [0.4, 0.5) is 0 Å². The lowest BCUT2D eigenvalue weighted by molar-refractivity contribution is -0.147. The standard InChI is InChI=1S/C27H36N4O4/c1-18(25(27(33)34-3)15-20-7-5-13-31(16-20)19(2)28)30-26(32)23-11-9-22(10-12-23)24-8-4-6-21(14-24)17-35-29/h4,6,8-12,14,18,20,25H,2,5,7,13,15-17,28-29H2,1,3H3,(H,30,32)/t18-,20?,25-/m1/s1. The van der Waals surface area contributed by atoms with Gasteiger partial charge in [-0.05, 0) is 67.0 Å². The predicted molar refractivity (Wildman–Crippen MR) is 136 cm³/mol. The van der Waals surface area contributed by atoms with Crippen LogP contribution in [0, 0.1) is 11.8 Å². The molecule has 35 heavy (non-hydrogen) atoms. The molecule has 8 heteroatoms. The number of carbonyl (C=O) groups is 2. The van der Waals surface area contributed by atoms with Crippen molar-refractivity contribution in [2.24, 2.45) is 23.5 Å². The fraction of sp³-hybridized carbons (Fsp3) is 0.407. The zero-order valence-electron chi connectivity index (χ0n) is 20.5. The van der Waals surface area contributed by atoms with Crippen LogP contribution in [0.25, 0.3) is 11.1 Å². The molecule has 0 bridgehead atoms. The van der Waals surface area contributed by atoms with Crippen molar-refractivity contribution >= 4 is 11.9 Å². The lowest BCUT2D eigenvalue weighted by Gasteiger charge is -2.36. The Morgan fingerprint density at radius 1 is 1.20 bits per heavy atom. The Morgan fingerprint density at radius 2 is 1.94 bits per heavy atom. The van der Waals surface area contributed by atoms with Gasteiger partial charge in [0.25, 0.3) is 5.91 Å². The van der Waals surface area contributed by atoms with E-state index in [1.807, 2.05) is 48.2 Å². The fourth-order valence-electron chi connectivity index (χ4n) is 4.67. The van der Waals surface area contributed by atoms with Gasteiger partial charge in [0.2, 0.25) is 0 Å². The average Bonchev–Trinajstić information content (AvgIpc) is 2.87. The molecule has 0 aromatic heterocycles. The molecule has 3 rings (SSSR count). The van der Waals surface area contributed by atoms with Crippen molar-refractivity contribution in [1.29, 1.82) is 0 Å². The number of amides is 1. The number of hydrogen-bond donors (Lipinski definition) is 3. The summed E-state index contributed by atoms with van der Waals surface area (Å²) in [6, 6.07) is 14.8. The van der Waals surface area contributed by atoms with Crippen molar-refractivity contribution in [1.82, 2.24) is 10.2 Å². The van der Waals surface area contributed by atoms with Crippen LogP contribution < -0.4 is 16.9 Å². The van der Waals surface area contributed by atoms with Crippen LogP contribution in [0.15, 0.2) is 60.9 Å². The van der Waals surface area contributed by atoms with E-state index in [-0.39, 0.29) is 23.8 Å². The normalized spacial score (nSPS) is 17.3. The van der Waals surface area contributed by atoms with Gasteiger partial charge in [-0.15, -0.1) is 0 Å². The van der Waals surface area contributed by atoms with Crippen molar-refractivity contribution in [2.75, 3.05) is 20.2 Å². The molecule has 1 amide bonds. The highest BCUT2D eigenvalue weighted by atomic mass is 16.6. The van der Waals surface area contributed by atoms with E-state index in [0.29, 0.717) is 24.4 Å². The lowest BCUT2D eigenvalue weighted by Crippen LogP contribution is -2.44. The molecule has 1 aliphatic heterocycles. The van der Waals surface area contributed by atoms with Gasteiger partial charge < -0.3 is 20.7 Å². The van der Waals surface area contributed by atoms with Gasteiger partial charge >= 0.3 is 5.97 Å². The van der Waals surface area contributed by atoms with E-state index in [4.69, 9.17) is 21.2 Å². The highest BCUT2D eigenvalue weighted by Gasteiger charge is 2.32. The van der Waals surface area contributed by atoms with E-state index in [2.05, 4.69) is 11.9 Å². The van der Waals surface area contributed by atoms with Crippen molar-refractivity contribution in [3.8, 4) is 11.1 Å². The second kappa shape index (κ2) is 12.4. The summed E-state index contributed by atoms with van der Waals surface area (Å²) in [4.78, 5) is 32.3. The molecular formula is C27H36N4O4. The summed E-state index contributed by atoms with van der Waals surface area (Å²) in [5.74, 6) is 4.99. The van der Waals surface area contributed by atoms with Crippen LogP contribution in [0.3, 0.4) is 0 Å². The van der Waals surface area contributed by atoms with Gasteiger partial charge in [0.05, 0.1) is 25.5 Å². The number of piperidine rings is 1. The van der Waals surface area contributed by atoms with Crippen molar-refractivity contribution < 1.29 is 19.2 Å². The molecule has 1 heterocycles. The number of nitrogens with two attached hydrogens (primary N) is 2. The van der Waals surface area contributed by atoms with Gasteiger partial charge in [0.1, 0.15) is 0 Å². The first-order valence-corrected chi connectivity index (χ1v) is 11.9. The molecule has 0 radical (unpaired) electrons. The van der Waals surface area contributed by atoms with Gasteiger partial charge in [-0.3, -0.25) is 14.4 Å². The molecule has 1 saturated heterocycles. The van der Waals surface area contributed by atoms with Crippen LogP contribution in [0.1, 0.15) is 42.1 Å². The molecule has 3 atom stereocenters. The first-order chi connectivity index (χ1) is 16.8. The summed E-state index contributed by atoms with van der Waals surface area (Å²) >= 11 is 0. The minimum absolute atomic E-state index is 0.233. The summed E-state index contributed by atoms with van der Waals surface area (Å²) in [7, 11) is 1.38. The Bertz CT molecular complexity index is 1020. The Balaban J connectivity index is 1.66. The topological polar surface area (TPSA) is 120 Å². The summed E-state index contributed by atoms with van der Waals surface area (Å²) in [5, 5.41) is 2.99. The van der Waals surface area contributed by atoms with Crippen molar-refractivity contribution in [2.45, 2.75) is 38.8 Å². The number of ether oxygens (including phenoxy) is 1. The molecule has 1 unspecified atom stereocenters. The Kier molecular flexibility index (Phi) is 9.28. The zero-order valence-corrected chi connectivity index (χ0v) is 20.5. The molecule has 8 nitrogen and oxygen atoms in total. The smallest absolute Gasteiger partial charge is 0.310 e. The first-order valence-electron chi connectivity index (χ1n) is 11.9. The first kappa shape index (κ1) is 26.2. The van der Waals surface area contributed by atoms with Gasteiger partial charge in [-0.1, -0.05) is 36.9 Å². The number of esters is 1. The van der Waals surface area contributed by atoms with E-state index >= 15 is 0 Å². The third-order valence-electron chi connectivity index (χ3n) is 6.64. The number of rotatable bonds is 10. The number of nitrogens with zero attached hydrogens (tertiary/aromatic N) is 1. The number of carbonyl (C=O) groups excluding carboxylic acids is 2. The van der Waals surface area contributed by atoms with E-state index in [0.717, 1.165) is 42.6 Å². The summed E-state index contributed by atoms with van der Waals surface area (Å²) in [6.07, 6.45) is 2.60. The molecule has 0 aliphatic carbocycles. The molecule has 0 saturated carbocycles. The number of nitrogens with one attached hydrogen (secondary N) is 1. The third kappa shape index (κ3) is 7.07. The maximum atomic E-state index is 13.0. The number of hydrogen-bond acceptors (Lipinski definition) is 7. The molecule has 2 aromatic carbocycles. The second-order valence-electron chi connectivity index (χ2n) is 9.16. The SMILES string of the molecule is C=C(N)N1CCCC(C[C@@H](C(=O)OC)[C@@H](C)NC(=O)c2ccc(-c3cccc(CON)c3)cc2)C1. The van der Waals surface area contributed by atoms with E-state index in [1.165, 1.54) is 7.11 Å². The molecule has 1 aliphatic rings. The van der Waals surface area contributed by atoms with E-state index < -0.39 is 5.92 Å². The average molecular weight is 481 g/mol. The second-order valence-corrected chi connectivity index (χ2v) is 9.16. The van der Waals surface area contributed by atoms with E-state index in [1.54, 1.807) is 12.1 Å². The Hall–Kier alpha value is -3.36. The summed E-state index contributed by atoms with van der Waals surface area (Å²) in [5.41, 5.74) is 9.35. The molecule has 5 N–H and O–H groups in total. The Morgan fingerprint density at radius 3 is 2.60 bits per heavy atom. The summed E-state index contributed by atoms with van der Waals surface area (Å²) < 4.78 is 5.07. The molecule has 0 spiro atoms. The lowest BCUT2D eigenvalue weighted by atomic mass is 9.85. The molecular weight excluding hydrogens is 444 g/mol. The highest BCUT2D eigenvalue weighted by molar-refractivity contribution is 5.95. The van der Waals surface area contributed by atoms with Gasteiger partial charge in [-0.2, -0.15) is 0 Å². The summed E-state index contributed by atoms with van der Waals surface area (Å²) in [6.45, 7) is 7.64. The highest BCUT2D eigenvalue weighted by Crippen LogP contribution is 2.27. The Labute approximate surface area is 207 Å². The molecule has 188 valence electrons. The zero-order chi connectivity index (χ0) is 25.4. The van der Waals surface area contributed by atoms with Gasteiger partial charge in [0, 0.05) is 24.7 Å². The maximum absolute atomic E-state index is 13.0. The van der Waals surface area contributed by atoms with Crippen LogP contribution >= 0.6 is 0 Å². The number of methoxy groups -OCH3 is 1. The predicted octanol–water partition coefficient (Wildman–Crippen LogP) is 3.18. The third-order valence-corrected chi connectivity index (χ3v) is 6.64. The van der Waals surface area contributed by atoms with Crippen molar-refractivity contribution in [3.05, 3.63) is 72.1 Å². The van der Waals surface area contributed by atoms with Crippen LogP contribution in [0.5, 0.6) is 0 Å². The van der Waals surface area contributed by atoms with Crippen LogP contribution in [0.2, 0.25) is 0 Å². The minimum atomic E-state index is -0.452. The van der Waals surface area contributed by atoms with Crippen LogP contribution in [-0.4, -0.2) is 43.0 Å². The number of likely N-dealkylation sites (tertiary alicyclic amines) is 1. The largest absolute Gasteiger partial charge is 0.469 e. The van der Waals surface area contributed by atoms with Gasteiger partial charge in [-0.25, -0.2) is 5.90 Å². The van der Waals surface area contributed by atoms with Crippen LogP contribution in [-0.2, 0) is 21.0 Å². The molecule has 2 aromatic rings. The molecule has 1 fully saturated rings. The minimum Gasteiger partial charge on any atom is -0.469 e. The van der Waals surface area contributed by atoms with Gasteiger partial charge in [0.15, 0.2) is 0 Å². The fourth-order valence-corrected chi connectivity index (χ4v) is 4.67. The maximum Gasteiger partial charge on any atom is 0.310 e. The monoisotopic (exact) mass is 480 g/mol.